The van der Waals surface area contributed by atoms with Gasteiger partial charge in [0.15, 0.2) is 0 Å². The van der Waals surface area contributed by atoms with E-state index in [0.717, 1.165) is 15.2 Å². The minimum atomic E-state index is -4.69. The summed E-state index contributed by atoms with van der Waals surface area (Å²) in [5.41, 5.74) is -2.61. The van der Waals surface area contributed by atoms with E-state index >= 15 is 0 Å². The zero-order valence-corrected chi connectivity index (χ0v) is 14.5. The zero-order chi connectivity index (χ0) is 20.5. The van der Waals surface area contributed by atoms with E-state index in [-0.39, 0.29) is 24.2 Å². The molecule has 0 fully saturated rings. The number of benzene rings is 1. The lowest BCUT2D eigenvalue weighted by Gasteiger charge is -2.12. The van der Waals surface area contributed by atoms with E-state index < -0.39 is 23.1 Å². The average molecular weight is 390 g/mol. The lowest BCUT2D eigenvalue weighted by molar-refractivity contribution is -0.141. The van der Waals surface area contributed by atoms with Crippen molar-refractivity contribution >= 4 is 11.0 Å². The first kappa shape index (κ1) is 19.2. The molecule has 10 heteroatoms. The summed E-state index contributed by atoms with van der Waals surface area (Å²) in [5, 5.41) is 8.65. The predicted molar refractivity (Wildman–Crippen MR) is 92.9 cm³/mol. The summed E-state index contributed by atoms with van der Waals surface area (Å²) in [7, 11) is 1.25. The first-order chi connectivity index (χ1) is 13.2. The molecule has 3 rings (SSSR count). The lowest BCUT2D eigenvalue weighted by Crippen LogP contribution is -2.40. The van der Waals surface area contributed by atoms with Gasteiger partial charge in [0.1, 0.15) is 23.7 Å². The second-order valence-corrected chi connectivity index (χ2v) is 5.85. The number of aromatic nitrogens is 3. The highest BCUT2D eigenvalue weighted by Crippen LogP contribution is 2.28. The van der Waals surface area contributed by atoms with Gasteiger partial charge in [-0.05, 0) is 36.4 Å². The molecule has 0 saturated heterocycles. The van der Waals surface area contributed by atoms with Crippen LogP contribution in [0.15, 0.2) is 46.0 Å². The van der Waals surface area contributed by atoms with E-state index in [1.807, 2.05) is 6.07 Å². The number of rotatable bonds is 4. The highest BCUT2D eigenvalue weighted by molar-refractivity contribution is 5.74. The number of hydrogen-bond donors (Lipinski definition) is 0. The van der Waals surface area contributed by atoms with E-state index in [1.165, 1.54) is 7.05 Å². The molecule has 28 heavy (non-hydrogen) atoms. The van der Waals surface area contributed by atoms with Crippen molar-refractivity contribution in [1.82, 2.24) is 14.1 Å². The summed E-state index contributed by atoms with van der Waals surface area (Å²) >= 11 is 0. The maximum absolute atomic E-state index is 12.8. The molecule has 0 radical (unpaired) electrons. The number of ether oxygens (including phenoxy) is 1. The Bertz CT molecular complexity index is 1190. The van der Waals surface area contributed by atoms with Gasteiger partial charge in [-0.3, -0.25) is 13.9 Å². The van der Waals surface area contributed by atoms with Crippen LogP contribution in [0.5, 0.6) is 5.75 Å². The molecule has 0 unspecified atom stereocenters. The van der Waals surface area contributed by atoms with Gasteiger partial charge < -0.3 is 4.74 Å². The monoisotopic (exact) mass is 390 g/mol. The van der Waals surface area contributed by atoms with E-state index in [1.54, 1.807) is 24.3 Å². The normalized spacial score (nSPS) is 11.4. The number of aryl methyl sites for hydroxylation is 1. The third-order valence-electron chi connectivity index (χ3n) is 4.04. The van der Waals surface area contributed by atoms with E-state index in [4.69, 9.17) is 10.00 Å². The molecule has 0 spiro atoms. The summed E-state index contributed by atoms with van der Waals surface area (Å²) < 4.78 is 45.7. The van der Waals surface area contributed by atoms with E-state index in [0.29, 0.717) is 17.4 Å². The molecule has 0 bridgehead atoms. The molecule has 2 heterocycles. The third-order valence-corrected chi connectivity index (χ3v) is 4.04. The fourth-order valence-corrected chi connectivity index (χ4v) is 2.61. The van der Waals surface area contributed by atoms with Gasteiger partial charge in [-0.15, -0.1) is 0 Å². The van der Waals surface area contributed by atoms with Gasteiger partial charge >= 0.3 is 11.9 Å². The van der Waals surface area contributed by atoms with Crippen molar-refractivity contribution in [3.05, 3.63) is 68.5 Å². The predicted octanol–water partition coefficient (Wildman–Crippen LogP) is 2.06. The topological polar surface area (TPSA) is 89.9 Å². The van der Waals surface area contributed by atoms with Crippen LogP contribution < -0.4 is 16.0 Å². The first-order valence-corrected chi connectivity index (χ1v) is 8.03. The van der Waals surface area contributed by atoms with E-state index in [2.05, 4.69) is 4.98 Å². The molecule has 0 aliphatic carbocycles. The van der Waals surface area contributed by atoms with Gasteiger partial charge in [-0.1, -0.05) is 0 Å². The number of alkyl halides is 3. The Hall–Kier alpha value is -3.61. The Kier molecular flexibility index (Phi) is 4.92. The van der Waals surface area contributed by atoms with Crippen molar-refractivity contribution in [3.63, 3.8) is 0 Å². The molecule has 0 aliphatic rings. The number of nitriles is 1. The Balaban J connectivity index is 1.90. The summed E-state index contributed by atoms with van der Waals surface area (Å²) in [6.45, 7) is -0.136. The van der Waals surface area contributed by atoms with Gasteiger partial charge in [0.2, 0.25) is 0 Å². The molecule has 0 aliphatic heterocycles. The van der Waals surface area contributed by atoms with Gasteiger partial charge in [-0.25, -0.2) is 9.78 Å². The van der Waals surface area contributed by atoms with Gasteiger partial charge in [0, 0.05) is 7.05 Å². The maximum atomic E-state index is 12.8. The molecule has 7 nitrogen and oxygen atoms in total. The fraction of sp³-hybridized carbons (Fsp3) is 0.222. The van der Waals surface area contributed by atoms with Crippen molar-refractivity contribution in [2.75, 3.05) is 6.61 Å². The Morgan fingerprint density at radius 1 is 1.14 bits per heavy atom. The second-order valence-electron chi connectivity index (χ2n) is 5.85. The number of nitrogens with zero attached hydrogens (tertiary/aromatic N) is 4. The lowest BCUT2D eigenvalue weighted by atomic mass is 10.2. The fourth-order valence-electron chi connectivity index (χ4n) is 2.61. The van der Waals surface area contributed by atoms with Crippen LogP contribution in [0, 0.1) is 11.3 Å². The van der Waals surface area contributed by atoms with Crippen molar-refractivity contribution in [3.8, 4) is 11.8 Å². The smallest absolute Gasteiger partial charge is 0.433 e. The molecular formula is C18H13F3N4O3. The summed E-state index contributed by atoms with van der Waals surface area (Å²) in [6.07, 6.45) is -4.69. The van der Waals surface area contributed by atoms with Crippen molar-refractivity contribution < 1.29 is 17.9 Å². The Morgan fingerprint density at radius 3 is 2.43 bits per heavy atom. The highest BCUT2D eigenvalue weighted by atomic mass is 19.4. The average Bonchev–Trinajstić information content (AvgIpc) is 2.68. The molecular weight excluding hydrogens is 377 g/mol. The van der Waals surface area contributed by atoms with Gasteiger partial charge in [0.05, 0.1) is 23.6 Å². The molecule has 0 atom stereocenters. The molecule has 1 aromatic carbocycles. The highest BCUT2D eigenvalue weighted by Gasteiger charge is 2.33. The van der Waals surface area contributed by atoms with Crippen LogP contribution in [0.4, 0.5) is 13.2 Å². The zero-order valence-electron chi connectivity index (χ0n) is 14.5. The Labute approximate surface area is 155 Å². The van der Waals surface area contributed by atoms with E-state index in [9.17, 15) is 22.8 Å². The second kappa shape index (κ2) is 7.19. The van der Waals surface area contributed by atoms with Crippen LogP contribution in [-0.4, -0.2) is 20.7 Å². The third kappa shape index (κ3) is 3.59. The molecule has 3 aromatic rings. The summed E-state index contributed by atoms with van der Waals surface area (Å²) in [6, 6.07) is 9.93. The molecule has 0 saturated carbocycles. The molecule has 144 valence electrons. The quantitative estimate of drug-likeness (QED) is 0.680. The molecule has 0 N–H and O–H groups in total. The van der Waals surface area contributed by atoms with Crippen LogP contribution >= 0.6 is 0 Å². The number of fused-ring (bicyclic) bond motifs is 1. The summed E-state index contributed by atoms with van der Waals surface area (Å²) in [5.74, 6) is 0.446. The standard InChI is InChI=1S/C18H13F3N4O3/c1-24-15-13(6-7-14(23-15)18(19,20)21)16(26)25(17(24)27)8-9-28-12-4-2-11(10-22)3-5-12/h2-7H,8-9H2,1H3. The largest absolute Gasteiger partial charge is 0.492 e. The molecule has 0 amide bonds. The maximum Gasteiger partial charge on any atom is 0.433 e. The van der Waals surface area contributed by atoms with Crippen molar-refractivity contribution in [2.45, 2.75) is 12.7 Å². The van der Waals surface area contributed by atoms with Gasteiger partial charge in [-0.2, -0.15) is 18.4 Å². The minimum absolute atomic E-state index is 0.0272. The number of hydrogen-bond acceptors (Lipinski definition) is 5. The molecule has 2 aromatic heterocycles. The first-order valence-electron chi connectivity index (χ1n) is 8.03. The Morgan fingerprint density at radius 2 is 1.82 bits per heavy atom. The van der Waals surface area contributed by atoms with Crippen LogP contribution in [0.25, 0.3) is 11.0 Å². The van der Waals surface area contributed by atoms with Crippen molar-refractivity contribution in [1.29, 1.82) is 5.26 Å². The SMILES string of the molecule is Cn1c(=O)n(CCOc2ccc(C#N)cc2)c(=O)c2ccc(C(F)(F)F)nc21. The minimum Gasteiger partial charge on any atom is -0.492 e. The van der Waals surface area contributed by atoms with Crippen LogP contribution in [-0.2, 0) is 19.8 Å². The summed E-state index contributed by atoms with van der Waals surface area (Å²) in [4.78, 5) is 28.3. The van der Waals surface area contributed by atoms with Crippen molar-refractivity contribution in [2.24, 2.45) is 7.05 Å². The van der Waals surface area contributed by atoms with Crippen LogP contribution in [0.3, 0.4) is 0 Å². The van der Waals surface area contributed by atoms with Crippen LogP contribution in [0.2, 0.25) is 0 Å². The number of pyridine rings is 1. The van der Waals surface area contributed by atoms with Gasteiger partial charge in [0.25, 0.3) is 5.56 Å². The van der Waals surface area contributed by atoms with Crippen LogP contribution in [0.1, 0.15) is 11.3 Å². The number of halogens is 3.